The largest absolute Gasteiger partial charge is 0.507 e. The van der Waals surface area contributed by atoms with Crippen LogP contribution in [-0.4, -0.2) is 48.2 Å². The molecule has 1 aliphatic rings. The summed E-state index contributed by atoms with van der Waals surface area (Å²) in [5, 5.41) is 11.3. The molecule has 2 atom stereocenters. The van der Waals surface area contributed by atoms with Gasteiger partial charge in [-0.1, -0.05) is 23.7 Å². The maximum absolute atomic E-state index is 13.4. The molecule has 214 valence electrons. The Bertz CT molecular complexity index is 1510. The summed E-state index contributed by atoms with van der Waals surface area (Å²) in [6.07, 6.45) is -0.127. The monoisotopic (exact) mass is 569 g/mol. The van der Waals surface area contributed by atoms with E-state index in [0.717, 1.165) is 0 Å². The molecule has 4 rings (SSSR count). The summed E-state index contributed by atoms with van der Waals surface area (Å²) in [6.45, 7) is 11.5. The van der Waals surface area contributed by atoms with E-state index < -0.39 is 34.2 Å². The second-order valence-electron chi connectivity index (χ2n) is 12.5. The Balaban J connectivity index is 2.01. The smallest absolute Gasteiger partial charge is 0.316 e. The number of nitrogens with zero attached hydrogens (tertiary/aromatic N) is 1. The van der Waals surface area contributed by atoms with Gasteiger partial charge in [0.15, 0.2) is 5.43 Å². The van der Waals surface area contributed by atoms with Crippen molar-refractivity contribution in [2.45, 2.75) is 60.0 Å². The van der Waals surface area contributed by atoms with Crippen molar-refractivity contribution in [3.63, 3.8) is 0 Å². The van der Waals surface area contributed by atoms with Gasteiger partial charge in [0, 0.05) is 35.7 Å². The van der Waals surface area contributed by atoms with E-state index in [2.05, 4.69) is 0 Å². The zero-order valence-corrected chi connectivity index (χ0v) is 24.7. The number of piperidine rings is 1. The van der Waals surface area contributed by atoms with Gasteiger partial charge in [-0.2, -0.15) is 0 Å². The molecule has 2 aromatic carbocycles. The maximum Gasteiger partial charge on any atom is 0.316 e. The number of esters is 2. The average molecular weight is 570 g/mol. The minimum Gasteiger partial charge on any atom is -0.507 e. The molecule has 0 radical (unpaired) electrons. The van der Waals surface area contributed by atoms with Crippen LogP contribution >= 0.6 is 11.6 Å². The van der Waals surface area contributed by atoms with Gasteiger partial charge in [0.2, 0.25) is 0 Å². The van der Waals surface area contributed by atoms with Crippen LogP contribution in [0.1, 0.15) is 59.4 Å². The Morgan fingerprint density at radius 3 is 2.33 bits per heavy atom. The third-order valence-electron chi connectivity index (χ3n) is 6.94. The molecule has 0 aliphatic carbocycles. The highest BCUT2D eigenvalue weighted by molar-refractivity contribution is 6.33. The van der Waals surface area contributed by atoms with E-state index in [-0.39, 0.29) is 34.2 Å². The van der Waals surface area contributed by atoms with Crippen LogP contribution < -0.4 is 10.2 Å². The summed E-state index contributed by atoms with van der Waals surface area (Å²) in [4.78, 5) is 41.5. The molecule has 8 nitrogen and oxygen atoms in total. The number of rotatable bonds is 4. The molecule has 1 aromatic heterocycles. The molecule has 2 heterocycles. The number of likely N-dealkylation sites (N-methyl/N-ethyl adjacent to an activating group) is 1. The van der Waals surface area contributed by atoms with E-state index in [1.54, 1.807) is 65.8 Å². The Morgan fingerprint density at radius 2 is 1.70 bits per heavy atom. The number of hydrogen-bond acceptors (Lipinski definition) is 8. The second-order valence-corrected chi connectivity index (χ2v) is 12.9. The SMILES string of the molecule is CN1CC[C@H](c2c(OC(=O)C(C)(C)C)cc(O)c3c(=O)cc(-c4ccccc4Cl)oc23)[C@H](OC(=O)C(C)(C)C)C1. The number of phenolic OH excluding ortho intramolecular Hbond substituents is 1. The molecule has 1 fully saturated rings. The van der Waals surface area contributed by atoms with E-state index in [1.165, 1.54) is 12.1 Å². The molecule has 1 N–H and O–H groups in total. The zero-order valence-electron chi connectivity index (χ0n) is 24.0. The number of ether oxygens (including phenoxy) is 2. The van der Waals surface area contributed by atoms with Crippen LogP contribution in [0.4, 0.5) is 0 Å². The number of aromatic hydroxyl groups is 1. The minimum absolute atomic E-state index is 0.0516. The molecule has 9 heteroatoms. The first-order chi connectivity index (χ1) is 18.6. The maximum atomic E-state index is 13.4. The Morgan fingerprint density at radius 1 is 1.05 bits per heavy atom. The van der Waals surface area contributed by atoms with Crippen molar-refractivity contribution in [2.75, 3.05) is 20.1 Å². The highest BCUT2D eigenvalue weighted by atomic mass is 35.5. The van der Waals surface area contributed by atoms with Crippen LogP contribution in [0.25, 0.3) is 22.3 Å². The predicted molar refractivity (Wildman–Crippen MR) is 154 cm³/mol. The number of likely N-dealkylation sites (tertiary alicyclic amines) is 1. The van der Waals surface area contributed by atoms with Crippen LogP contribution in [0.15, 0.2) is 45.6 Å². The lowest BCUT2D eigenvalue weighted by atomic mass is 9.84. The zero-order chi connectivity index (χ0) is 29.6. The molecular weight excluding hydrogens is 534 g/mol. The summed E-state index contributed by atoms with van der Waals surface area (Å²) in [5.74, 6) is -1.56. The highest BCUT2D eigenvalue weighted by Crippen LogP contribution is 2.45. The molecular formula is C31H36ClNO7. The lowest BCUT2D eigenvalue weighted by Gasteiger charge is -2.38. The quantitative estimate of drug-likeness (QED) is 0.295. The van der Waals surface area contributed by atoms with E-state index in [4.69, 9.17) is 25.5 Å². The lowest BCUT2D eigenvalue weighted by molar-refractivity contribution is -0.162. The van der Waals surface area contributed by atoms with E-state index >= 15 is 0 Å². The first-order valence-corrected chi connectivity index (χ1v) is 13.7. The van der Waals surface area contributed by atoms with Crippen LogP contribution in [-0.2, 0) is 14.3 Å². The fraction of sp³-hybridized carbons (Fsp3) is 0.452. The first-order valence-electron chi connectivity index (χ1n) is 13.3. The van der Waals surface area contributed by atoms with Gasteiger partial charge < -0.3 is 23.9 Å². The van der Waals surface area contributed by atoms with Gasteiger partial charge in [-0.3, -0.25) is 14.4 Å². The molecule has 0 amide bonds. The van der Waals surface area contributed by atoms with Crippen LogP contribution in [0, 0.1) is 10.8 Å². The van der Waals surface area contributed by atoms with Crippen LogP contribution in [0.3, 0.4) is 0 Å². The van der Waals surface area contributed by atoms with Crippen LogP contribution in [0.5, 0.6) is 11.5 Å². The topological polar surface area (TPSA) is 106 Å². The third-order valence-corrected chi connectivity index (χ3v) is 7.27. The van der Waals surface area contributed by atoms with Crippen molar-refractivity contribution in [1.29, 1.82) is 0 Å². The molecule has 0 bridgehead atoms. The standard InChI is InChI=1S/C31H36ClNO7/c1-30(2,3)28(36)39-23-15-21(35)26-20(34)14-22(17-10-8-9-11-19(17)32)38-27(26)25(23)18-12-13-33(7)16-24(18)40-29(37)31(4,5)6/h8-11,14-15,18,24,35H,12-13,16H2,1-7H3/t18-,24+/m0/s1. The summed E-state index contributed by atoms with van der Waals surface area (Å²) in [5.41, 5.74) is -1.15. The number of benzene rings is 2. The first kappa shape index (κ1) is 29.6. The average Bonchev–Trinajstić information content (AvgIpc) is 2.83. The van der Waals surface area contributed by atoms with Crippen molar-refractivity contribution >= 4 is 34.5 Å². The molecule has 3 aromatic rings. The number of phenols is 1. The van der Waals surface area contributed by atoms with Gasteiger partial charge in [-0.05, 0) is 73.7 Å². The van der Waals surface area contributed by atoms with Crippen molar-refractivity contribution in [1.82, 2.24) is 4.90 Å². The molecule has 40 heavy (non-hydrogen) atoms. The normalized spacial score (nSPS) is 18.5. The molecule has 0 saturated carbocycles. The lowest BCUT2D eigenvalue weighted by Crippen LogP contribution is -2.44. The van der Waals surface area contributed by atoms with Gasteiger partial charge in [-0.15, -0.1) is 0 Å². The van der Waals surface area contributed by atoms with Gasteiger partial charge in [0.25, 0.3) is 0 Å². The van der Waals surface area contributed by atoms with Gasteiger partial charge in [0.05, 0.1) is 15.9 Å². The van der Waals surface area contributed by atoms with Crippen molar-refractivity contribution in [3.05, 3.63) is 57.2 Å². The summed E-state index contributed by atoms with van der Waals surface area (Å²) in [6, 6.07) is 9.48. The van der Waals surface area contributed by atoms with Gasteiger partial charge in [0.1, 0.15) is 34.3 Å². The third kappa shape index (κ3) is 6.03. The van der Waals surface area contributed by atoms with Gasteiger partial charge in [-0.25, -0.2) is 0 Å². The van der Waals surface area contributed by atoms with Crippen molar-refractivity contribution < 1.29 is 28.6 Å². The summed E-state index contributed by atoms with van der Waals surface area (Å²) >= 11 is 6.43. The molecule has 0 unspecified atom stereocenters. The Kier molecular flexibility index (Phi) is 8.07. The molecule has 1 aliphatic heterocycles. The van der Waals surface area contributed by atoms with E-state index in [1.807, 2.05) is 11.9 Å². The number of halogens is 1. The number of fused-ring (bicyclic) bond motifs is 1. The fourth-order valence-electron chi connectivity index (χ4n) is 4.63. The second kappa shape index (κ2) is 10.9. The van der Waals surface area contributed by atoms with E-state index in [0.29, 0.717) is 35.7 Å². The van der Waals surface area contributed by atoms with E-state index in [9.17, 15) is 19.5 Å². The van der Waals surface area contributed by atoms with Gasteiger partial charge >= 0.3 is 11.9 Å². The molecule has 1 saturated heterocycles. The van der Waals surface area contributed by atoms with Crippen molar-refractivity contribution in [2.24, 2.45) is 10.8 Å². The minimum atomic E-state index is -0.854. The number of carbonyl (C=O) groups excluding carboxylic acids is 2. The number of carbonyl (C=O) groups is 2. The number of hydrogen-bond donors (Lipinski definition) is 1. The highest BCUT2D eigenvalue weighted by Gasteiger charge is 2.39. The Hall–Kier alpha value is -3.36. The Labute approximate surface area is 238 Å². The summed E-state index contributed by atoms with van der Waals surface area (Å²) in [7, 11) is 1.93. The molecule has 0 spiro atoms. The predicted octanol–water partition coefficient (Wildman–Crippen LogP) is 6.15. The van der Waals surface area contributed by atoms with Crippen molar-refractivity contribution in [3.8, 4) is 22.8 Å². The fourth-order valence-corrected chi connectivity index (χ4v) is 4.86. The van der Waals surface area contributed by atoms with Crippen LogP contribution in [0.2, 0.25) is 5.02 Å². The summed E-state index contributed by atoms with van der Waals surface area (Å²) < 4.78 is 18.2.